The van der Waals surface area contributed by atoms with E-state index < -0.39 is 0 Å². The maximum Gasteiger partial charge on any atom is 0.315 e. The Labute approximate surface area is 144 Å². The van der Waals surface area contributed by atoms with E-state index in [1.54, 1.807) is 29.2 Å². The zero-order chi connectivity index (χ0) is 17.5. The van der Waals surface area contributed by atoms with Crippen LogP contribution >= 0.6 is 0 Å². The van der Waals surface area contributed by atoms with E-state index in [1.807, 2.05) is 24.4 Å². The van der Waals surface area contributed by atoms with Crippen LogP contribution in [-0.2, 0) is 13.0 Å². The van der Waals surface area contributed by atoms with Crippen LogP contribution in [0.15, 0.2) is 61.1 Å². The Morgan fingerprint density at radius 3 is 2.68 bits per heavy atom. The Morgan fingerprint density at radius 2 is 1.92 bits per heavy atom. The monoisotopic (exact) mass is 339 g/mol. The lowest BCUT2D eigenvalue weighted by molar-refractivity contribution is 0.240. The Hall–Kier alpha value is -3.22. The fourth-order valence-electron chi connectivity index (χ4n) is 2.32. The van der Waals surface area contributed by atoms with Crippen LogP contribution in [0.4, 0.5) is 9.18 Å². The second kappa shape index (κ2) is 8.05. The molecule has 2 amide bonds. The zero-order valence-electron chi connectivity index (χ0n) is 13.5. The van der Waals surface area contributed by atoms with Gasteiger partial charge in [-0.3, -0.25) is 0 Å². The van der Waals surface area contributed by atoms with Gasteiger partial charge in [-0.05, 0) is 47.9 Å². The van der Waals surface area contributed by atoms with E-state index in [0.717, 1.165) is 11.1 Å². The molecule has 0 spiro atoms. The first-order chi connectivity index (χ1) is 12.2. The van der Waals surface area contributed by atoms with Gasteiger partial charge in [0.15, 0.2) is 5.82 Å². The minimum Gasteiger partial charge on any atom is -0.338 e. The summed E-state index contributed by atoms with van der Waals surface area (Å²) in [7, 11) is 0. The van der Waals surface area contributed by atoms with Crippen LogP contribution in [0.1, 0.15) is 11.1 Å². The van der Waals surface area contributed by atoms with E-state index in [2.05, 4.69) is 20.7 Å². The number of pyridine rings is 1. The first-order valence-electron chi connectivity index (χ1n) is 7.92. The second-order valence-corrected chi connectivity index (χ2v) is 5.46. The van der Waals surface area contributed by atoms with Crippen LogP contribution in [0.3, 0.4) is 0 Å². The van der Waals surface area contributed by atoms with E-state index in [1.165, 1.54) is 12.1 Å². The van der Waals surface area contributed by atoms with Gasteiger partial charge in [0.1, 0.15) is 5.82 Å². The van der Waals surface area contributed by atoms with Gasteiger partial charge < -0.3 is 10.6 Å². The van der Waals surface area contributed by atoms with E-state index in [9.17, 15) is 9.18 Å². The average Bonchev–Trinajstić information content (AvgIpc) is 3.17. The minimum absolute atomic E-state index is 0.250. The molecule has 0 saturated heterocycles. The number of urea groups is 1. The van der Waals surface area contributed by atoms with Gasteiger partial charge >= 0.3 is 6.03 Å². The molecule has 0 bridgehead atoms. The molecule has 3 rings (SSSR count). The van der Waals surface area contributed by atoms with E-state index in [4.69, 9.17) is 0 Å². The van der Waals surface area contributed by atoms with Crippen LogP contribution < -0.4 is 10.6 Å². The molecule has 7 heteroatoms. The SMILES string of the molecule is O=C(NCCc1ccc(F)cc1)NCc1ccnc(-n2cccn2)c1. The summed E-state index contributed by atoms with van der Waals surface area (Å²) in [6.45, 7) is 0.867. The molecule has 2 N–H and O–H groups in total. The van der Waals surface area contributed by atoms with Crippen molar-refractivity contribution in [3.05, 3.63) is 78.0 Å². The number of rotatable bonds is 6. The van der Waals surface area contributed by atoms with Crippen molar-refractivity contribution in [3.8, 4) is 5.82 Å². The third-order valence-corrected chi connectivity index (χ3v) is 3.61. The first kappa shape index (κ1) is 16.6. The number of halogens is 1. The Bertz CT molecular complexity index is 818. The van der Waals surface area contributed by atoms with Gasteiger partial charge in [0.25, 0.3) is 0 Å². The molecule has 0 aliphatic carbocycles. The fraction of sp³-hybridized carbons (Fsp3) is 0.167. The van der Waals surface area contributed by atoms with Crippen molar-refractivity contribution < 1.29 is 9.18 Å². The summed E-state index contributed by atoms with van der Waals surface area (Å²) >= 11 is 0. The molecule has 0 fully saturated rings. The van der Waals surface area contributed by atoms with Gasteiger partial charge in [0.05, 0.1) is 0 Å². The lowest BCUT2D eigenvalue weighted by Crippen LogP contribution is -2.36. The molecular formula is C18H18FN5O. The molecule has 2 heterocycles. The van der Waals surface area contributed by atoms with Gasteiger partial charge in [-0.25, -0.2) is 18.9 Å². The number of aromatic nitrogens is 3. The van der Waals surface area contributed by atoms with Crippen molar-refractivity contribution in [2.24, 2.45) is 0 Å². The third-order valence-electron chi connectivity index (χ3n) is 3.61. The summed E-state index contributed by atoms with van der Waals surface area (Å²) in [4.78, 5) is 16.1. The Balaban J connectivity index is 1.44. The molecule has 0 unspecified atom stereocenters. The van der Waals surface area contributed by atoms with Crippen molar-refractivity contribution >= 4 is 6.03 Å². The molecule has 0 aliphatic heterocycles. The van der Waals surface area contributed by atoms with Gasteiger partial charge in [-0.15, -0.1) is 0 Å². The van der Waals surface area contributed by atoms with Crippen molar-refractivity contribution in [2.75, 3.05) is 6.54 Å². The topological polar surface area (TPSA) is 71.8 Å². The lowest BCUT2D eigenvalue weighted by atomic mass is 10.1. The highest BCUT2D eigenvalue weighted by molar-refractivity contribution is 5.73. The molecule has 2 aromatic heterocycles. The summed E-state index contributed by atoms with van der Waals surface area (Å²) in [5.41, 5.74) is 1.90. The number of nitrogens with one attached hydrogen (secondary N) is 2. The van der Waals surface area contributed by atoms with Crippen LogP contribution in [0, 0.1) is 5.82 Å². The average molecular weight is 339 g/mol. The van der Waals surface area contributed by atoms with Crippen molar-refractivity contribution in [3.63, 3.8) is 0 Å². The molecule has 0 saturated carbocycles. The predicted molar refractivity (Wildman–Crippen MR) is 91.7 cm³/mol. The molecule has 1 aromatic carbocycles. The van der Waals surface area contributed by atoms with Gasteiger partial charge in [-0.2, -0.15) is 5.10 Å². The zero-order valence-corrected chi connectivity index (χ0v) is 13.5. The highest BCUT2D eigenvalue weighted by atomic mass is 19.1. The van der Waals surface area contributed by atoms with E-state index in [0.29, 0.717) is 25.3 Å². The maximum absolute atomic E-state index is 12.8. The van der Waals surface area contributed by atoms with Gasteiger partial charge in [0, 0.05) is 31.7 Å². The summed E-state index contributed by atoms with van der Waals surface area (Å²) < 4.78 is 14.5. The number of carbonyl (C=O) groups is 1. The molecule has 128 valence electrons. The third kappa shape index (κ3) is 4.87. The molecular weight excluding hydrogens is 321 g/mol. The summed E-state index contributed by atoms with van der Waals surface area (Å²) in [6.07, 6.45) is 5.82. The van der Waals surface area contributed by atoms with Crippen molar-refractivity contribution in [1.29, 1.82) is 0 Å². The number of nitrogens with zero attached hydrogens (tertiary/aromatic N) is 3. The van der Waals surface area contributed by atoms with Crippen molar-refractivity contribution in [1.82, 2.24) is 25.4 Å². The number of hydrogen-bond donors (Lipinski definition) is 2. The summed E-state index contributed by atoms with van der Waals surface area (Å²) in [5.74, 6) is 0.433. The number of hydrogen-bond acceptors (Lipinski definition) is 3. The highest BCUT2D eigenvalue weighted by Gasteiger charge is 2.03. The quantitative estimate of drug-likeness (QED) is 0.725. The normalized spacial score (nSPS) is 10.4. The number of amides is 2. The fourth-order valence-corrected chi connectivity index (χ4v) is 2.32. The van der Waals surface area contributed by atoms with Crippen LogP contribution in [0.25, 0.3) is 5.82 Å². The highest BCUT2D eigenvalue weighted by Crippen LogP contribution is 2.06. The molecule has 6 nitrogen and oxygen atoms in total. The molecule has 0 atom stereocenters. The molecule has 25 heavy (non-hydrogen) atoms. The number of benzene rings is 1. The van der Waals surface area contributed by atoms with Crippen LogP contribution in [0.5, 0.6) is 0 Å². The van der Waals surface area contributed by atoms with Gasteiger partial charge in [0.2, 0.25) is 0 Å². The second-order valence-electron chi connectivity index (χ2n) is 5.46. The van der Waals surface area contributed by atoms with Gasteiger partial charge in [-0.1, -0.05) is 12.1 Å². The van der Waals surface area contributed by atoms with Crippen molar-refractivity contribution in [2.45, 2.75) is 13.0 Å². The maximum atomic E-state index is 12.8. The Morgan fingerprint density at radius 1 is 1.08 bits per heavy atom. The van der Waals surface area contributed by atoms with E-state index in [-0.39, 0.29) is 11.8 Å². The smallest absolute Gasteiger partial charge is 0.315 e. The summed E-state index contributed by atoms with van der Waals surface area (Å²) in [6, 6.07) is 11.5. The number of carbonyl (C=O) groups excluding carboxylic acids is 1. The molecule has 3 aromatic rings. The molecule has 0 radical (unpaired) electrons. The van der Waals surface area contributed by atoms with E-state index >= 15 is 0 Å². The Kier molecular flexibility index (Phi) is 5.36. The molecule has 0 aliphatic rings. The largest absolute Gasteiger partial charge is 0.338 e. The predicted octanol–water partition coefficient (Wildman–Crippen LogP) is 2.45. The first-order valence-corrected chi connectivity index (χ1v) is 7.92. The van der Waals surface area contributed by atoms with Crippen LogP contribution in [-0.4, -0.2) is 27.3 Å². The lowest BCUT2D eigenvalue weighted by Gasteiger charge is -2.09. The summed E-state index contributed by atoms with van der Waals surface area (Å²) in [5, 5.41) is 9.71. The standard InChI is InChI=1S/C18H18FN5O/c19-16-4-2-14(3-5-16)6-10-21-18(25)22-13-15-7-9-20-17(12-15)24-11-1-8-23-24/h1-5,7-9,11-12H,6,10,13H2,(H2,21,22,25). The minimum atomic E-state index is -0.263. The van der Waals surface area contributed by atoms with Crippen LogP contribution in [0.2, 0.25) is 0 Å².